The van der Waals surface area contributed by atoms with E-state index in [9.17, 15) is 4.79 Å². The minimum Gasteiger partial charge on any atom is -0.340 e. The smallest absolute Gasteiger partial charge is 0.165 e. The fraction of sp³-hybridized carbons (Fsp3) is 0.222. The van der Waals surface area contributed by atoms with Crippen LogP contribution in [0, 0.1) is 0 Å². The van der Waals surface area contributed by atoms with Gasteiger partial charge in [0.2, 0.25) is 0 Å². The Morgan fingerprint density at radius 3 is 2.54 bits per heavy atom. The lowest BCUT2D eigenvalue weighted by Crippen LogP contribution is -2.23. The van der Waals surface area contributed by atoms with Crippen LogP contribution in [0.1, 0.15) is 5.56 Å². The average molecular weight is 181 g/mol. The van der Waals surface area contributed by atoms with Crippen molar-refractivity contribution in [3.05, 3.63) is 29.8 Å². The second kappa shape index (κ2) is 4.59. The minimum atomic E-state index is -0.471. The molecule has 0 amide bonds. The molecule has 1 aromatic carbocycles. The maximum absolute atomic E-state index is 10.2. The van der Waals surface area contributed by atoms with Gasteiger partial charge in [0.1, 0.15) is 6.29 Å². The quantitative estimate of drug-likeness (QED) is 0.405. The second-order valence-corrected chi connectivity index (χ2v) is 2.74. The highest BCUT2D eigenvalue weighted by atomic mass is 17.1. The summed E-state index contributed by atoms with van der Waals surface area (Å²) >= 11 is 0. The second-order valence-electron chi connectivity index (χ2n) is 2.74. The lowest BCUT2D eigenvalue weighted by atomic mass is 10.1. The molecule has 0 radical (unpaired) electrons. The summed E-state index contributed by atoms with van der Waals surface area (Å²) in [5.74, 6) is 0.364. The van der Waals surface area contributed by atoms with Gasteiger partial charge in [0.05, 0.1) is 6.04 Å². The van der Waals surface area contributed by atoms with E-state index in [1.807, 2.05) is 0 Å². The Labute approximate surface area is 75.9 Å². The molecular weight excluding hydrogens is 170 g/mol. The van der Waals surface area contributed by atoms with Crippen LogP contribution in [0.4, 0.5) is 0 Å². The Balaban J connectivity index is 2.63. The fourth-order valence-corrected chi connectivity index (χ4v) is 1.01. The molecule has 70 valence electrons. The molecular formula is C9H11NO3. The Kier molecular flexibility index (Phi) is 3.42. The molecule has 0 spiro atoms. The molecule has 0 heterocycles. The van der Waals surface area contributed by atoms with Crippen molar-refractivity contribution >= 4 is 6.29 Å². The van der Waals surface area contributed by atoms with Crippen LogP contribution in [-0.4, -0.2) is 17.6 Å². The van der Waals surface area contributed by atoms with Gasteiger partial charge in [0, 0.05) is 0 Å². The standard InChI is InChI=1S/C9H11NO3/c10-8(6-11)5-7-1-3-9(13-12)4-2-7/h1-4,6,8,12H,5,10H2. The van der Waals surface area contributed by atoms with Crippen LogP contribution in [-0.2, 0) is 11.2 Å². The van der Waals surface area contributed by atoms with Crippen molar-refractivity contribution in [1.29, 1.82) is 0 Å². The number of hydrogen-bond acceptors (Lipinski definition) is 4. The van der Waals surface area contributed by atoms with Gasteiger partial charge < -0.3 is 15.4 Å². The van der Waals surface area contributed by atoms with Gasteiger partial charge in [-0.15, -0.1) is 0 Å². The van der Waals surface area contributed by atoms with E-state index in [0.29, 0.717) is 18.5 Å². The van der Waals surface area contributed by atoms with Crippen molar-refractivity contribution in [1.82, 2.24) is 0 Å². The first-order valence-electron chi connectivity index (χ1n) is 3.87. The highest BCUT2D eigenvalue weighted by Crippen LogP contribution is 2.11. The number of aldehydes is 1. The van der Waals surface area contributed by atoms with Gasteiger partial charge in [-0.3, -0.25) is 0 Å². The molecule has 4 nitrogen and oxygen atoms in total. The van der Waals surface area contributed by atoms with Gasteiger partial charge in [-0.2, -0.15) is 0 Å². The molecule has 0 bridgehead atoms. The first kappa shape index (κ1) is 9.70. The maximum Gasteiger partial charge on any atom is 0.165 e. The summed E-state index contributed by atoms with van der Waals surface area (Å²) < 4.78 is 0. The van der Waals surface area contributed by atoms with Gasteiger partial charge in [-0.1, -0.05) is 12.1 Å². The largest absolute Gasteiger partial charge is 0.340 e. The summed E-state index contributed by atoms with van der Waals surface area (Å²) in [6.45, 7) is 0. The van der Waals surface area contributed by atoms with Crippen molar-refractivity contribution in [2.45, 2.75) is 12.5 Å². The Bertz CT molecular complexity index is 271. The lowest BCUT2D eigenvalue weighted by Gasteiger charge is -2.03. The van der Waals surface area contributed by atoms with Gasteiger partial charge in [0.25, 0.3) is 0 Å². The van der Waals surface area contributed by atoms with E-state index in [4.69, 9.17) is 11.0 Å². The van der Waals surface area contributed by atoms with Gasteiger partial charge in [-0.25, -0.2) is 5.26 Å². The molecule has 0 saturated carbocycles. The first-order chi connectivity index (χ1) is 6.26. The molecule has 0 aliphatic carbocycles. The summed E-state index contributed by atoms with van der Waals surface area (Å²) in [5.41, 5.74) is 6.36. The number of rotatable bonds is 4. The van der Waals surface area contributed by atoms with Crippen LogP contribution in [0.3, 0.4) is 0 Å². The van der Waals surface area contributed by atoms with Crippen molar-refractivity contribution in [3.8, 4) is 5.75 Å². The molecule has 0 aliphatic rings. The third-order valence-electron chi connectivity index (χ3n) is 1.67. The van der Waals surface area contributed by atoms with Crippen LogP contribution in [0.5, 0.6) is 5.75 Å². The Morgan fingerprint density at radius 1 is 1.46 bits per heavy atom. The highest BCUT2D eigenvalue weighted by Gasteiger charge is 2.01. The summed E-state index contributed by atoms with van der Waals surface area (Å²) in [4.78, 5) is 14.2. The van der Waals surface area contributed by atoms with Crippen LogP contribution in [0.15, 0.2) is 24.3 Å². The predicted octanol–water partition coefficient (Wildman–Crippen LogP) is 0.607. The highest BCUT2D eigenvalue weighted by molar-refractivity contribution is 5.57. The average Bonchev–Trinajstić information content (AvgIpc) is 2.19. The summed E-state index contributed by atoms with van der Waals surface area (Å²) in [7, 11) is 0. The summed E-state index contributed by atoms with van der Waals surface area (Å²) in [6.07, 6.45) is 1.20. The molecule has 0 aliphatic heterocycles. The molecule has 4 heteroatoms. The van der Waals surface area contributed by atoms with E-state index < -0.39 is 6.04 Å². The number of benzene rings is 1. The van der Waals surface area contributed by atoms with Gasteiger partial charge >= 0.3 is 0 Å². The normalized spacial score (nSPS) is 12.2. The van der Waals surface area contributed by atoms with Crippen LogP contribution in [0.25, 0.3) is 0 Å². The molecule has 1 atom stereocenters. The van der Waals surface area contributed by atoms with E-state index in [2.05, 4.69) is 4.89 Å². The van der Waals surface area contributed by atoms with E-state index in [0.717, 1.165) is 5.56 Å². The molecule has 1 rings (SSSR count). The molecule has 13 heavy (non-hydrogen) atoms. The molecule has 0 saturated heterocycles. The van der Waals surface area contributed by atoms with Crippen LogP contribution < -0.4 is 10.6 Å². The fourth-order valence-electron chi connectivity index (χ4n) is 1.01. The van der Waals surface area contributed by atoms with E-state index in [1.54, 1.807) is 24.3 Å². The van der Waals surface area contributed by atoms with Crippen molar-refractivity contribution in [2.75, 3.05) is 0 Å². The summed E-state index contributed by atoms with van der Waals surface area (Å²) in [6, 6.07) is 6.23. The lowest BCUT2D eigenvalue weighted by molar-refractivity contribution is -0.137. The Hall–Kier alpha value is -1.39. The van der Waals surface area contributed by atoms with Crippen molar-refractivity contribution in [3.63, 3.8) is 0 Å². The van der Waals surface area contributed by atoms with Gasteiger partial charge in [-0.05, 0) is 24.1 Å². The number of carbonyl (C=O) groups is 1. The monoisotopic (exact) mass is 181 g/mol. The molecule has 1 unspecified atom stereocenters. The van der Waals surface area contributed by atoms with E-state index in [-0.39, 0.29) is 0 Å². The van der Waals surface area contributed by atoms with E-state index >= 15 is 0 Å². The third kappa shape index (κ3) is 2.85. The zero-order chi connectivity index (χ0) is 9.68. The third-order valence-corrected chi connectivity index (χ3v) is 1.67. The number of carbonyl (C=O) groups excluding carboxylic acids is 1. The van der Waals surface area contributed by atoms with E-state index in [1.165, 1.54) is 0 Å². The minimum absolute atomic E-state index is 0.364. The predicted molar refractivity (Wildman–Crippen MR) is 47.4 cm³/mol. The zero-order valence-electron chi connectivity index (χ0n) is 7.01. The summed E-state index contributed by atoms with van der Waals surface area (Å²) in [5, 5.41) is 8.28. The maximum atomic E-state index is 10.2. The number of nitrogens with two attached hydrogens (primary N) is 1. The molecule has 0 aromatic heterocycles. The first-order valence-corrected chi connectivity index (χ1v) is 3.87. The molecule has 1 aromatic rings. The topological polar surface area (TPSA) is 72.6 Å². The SMILES string of the molecule is NC(C=O)Cc1ccc(OO)cc1. The van der Waals surface area contributed by atoms with Crippen molar-refractivity contribution in [2.24, 2.45) is 5.73 Å². The Morgan fingerprint density at radius 2 is 2.08 bits per heavy atom. The van der Waals surface area contributed by atoms with Gasteiger partial charge in [0.15, 0.2) is 5.75 Å². The van der Waals surface area contributed by atoms with Crippen LogP contribution >= 0.6 is 0 Å². The molecule has 0 fully saturated rings. The zero-order valence-corrected chi connectivity index (χ0v) is 7.01. The number of hydrogen-bond donors (Lipinski definition) is 2. The molecule has 3 N–H and O–H groups in total. The van der Waals surface area contributed by atoms with Crippen molar-refractivity contribution < 1.29 is 14.9 Å². The van der Waals surface area contributed by atoms with Crippen LogP contribution in [0.2, 0.25) is 0 Å².